The van der Waals surface area contributed by atoms with Crippen molar-refractivity contribution >= 4 is 21.8 Å². The topological polar surface area (TPSA) is 66.9 Å². The summed E-state index contributed by atoms with van der Waals surface area (Å²) in [7, 11) is -3.56. The average molecular weight is 443 g/mol. The van der Waals surface area contributed by atoms with Gasteiger partial charge in [-0.1, -0.05) is 51.1 Å². The predicted octanol–water partition coefficient (Wildman–Crippen LogP) is 4.68. The van der Waals surface area contributed by atoms with E-state index >= 15 is 0 Å². The lowest BCUT2D eigenvalue weighted by Crippen LogP contribution is -2.50. The first-order valence-electron chi connectivity index (χ1n) is 10.9. The van der Waals surface area contributed by atoms with Gasteiger partial charge in [0.05, 0.1) is 10.6 Å². The second kappa shape index (κ2) is 8.28. The lowest BCUT2D eigenvalue weighted by molar-refractivity contribution is 0.136. The van der Waals surface area contributed by atoms with Gasteiger partial charge in [0.15, 0.2) is 0 Å². The number of anilines is 1. The lowest BCUT2D eigenvalue weighted by Gasteiger charge is -2.39. The zero-order valence-electron chi connectivity index (χ0n) is 18.4. The van der Waals surface area contributed by atoms with Gasteiger partial charge in [-0.05, 0) is 48.4 Å². The predicted molar refractivity (Wildman–Crippen MR) is 121 cm³/mol. The zero-order chi connectivity index (χ0) is 22.2. The standard InChI is InChI=1S/C24H30N2O4S/c1-4-24(2,3)19-9-11-21(12-10-19)31(28,29)25-15-13-20(14-16-25)26-22-8-6-5-7-18(22)17-30-23(26)27/h5-12,20H,4,13-17H2,1-3H3. The summed E-state index contributed by atoms with van der Waals surface area (Å²) in [5.74, 6) is 0. The molecule has 7 heteroatoms. The van der Waals surface area contributed by atoms with Gasteiger partial charge < -0.3 is 4.74 Å². The number of fused-ring (bicyclic) bond motifs is 1. The minimum absolute atomic E-state index is 0.0139. The maximum Gasteiger partial charge on any atom is 0.414 e. The average Bonchev–Trinajstić information content (AvgIpc) is 2.79. The number of hydrogen-bond acceptors (Lipinski definition) is 4. The third kappa shape index (κ3) is 4.08. The van der Waals surface area contributed by atoms with Crippen molar-refractivity contribution in [2.75, 3.05) is 18.0 Å². The van der Waals surface area contributed by atoms with Gasteiger partial charge in [0.25, 0.3) is 0 Å². The maximum atomic E-state index is 13.2. The monoisotopic (exact) mass is 442 g/mol. The van der Waals surface area contributed by atoms with Crippen LogP contribution in [-0.4, -0.2) is 37.9 Å². The molecule has 0 aromatic heterocycles. The number of amides is 1. The highest BCUT2D eigenvalue weighted by molar-refractivity contribution is 7.89. The number of rotatable bonds is 5. The van der Waals surface area contributed by atoms with Crippen LogP contribution in [0.2, 0.25) is 0 Å². The third-order valence-corrected chi connectivity index (χ3v) is 8.66. The van der Waals surface area contributed by atoms with Crippen LogP contribution < -0.4 is 4.90 Å². The Morgan fingerprint density at radius 3 is 2.32 bits per heavy atom. The highest BCUT2D eigenvalue weighted by atomic mass is 32.2. The van der Waals surface area contributed by atoms with Crippen LogP contribution in [0, 0.1) is 0 Å². The summed E-state index contributed by atoms with van der Waals surface area (Å²) in [5.41, 5.74) is 3.00. The Morgan fingerprint density at radius 1 is 1.03 bits per heavy atom. The molecule has 31 heavy (non-hydrogen) atoms. The van der Waals surface area contributed by atoms with E-state index in [0.29, 0.717) is 30.8 Å². The first-order chi connectivity index (χ1) is 14.7. The van der Waals surface area contributed by atoms with Gasteiger partial charge in [0.2, 0.25) is 10.0 Å². The quantitative estimate of drug-likeness (QED) is 0.674. The number of cyclic esters (lactones) is 1. The van der Waals surface area contributed by atoms with Crippen LogP contribution in [0.25, 0.3) is 0 Å². The summed E-state index contributed by atoms with van der Waals surface area (Å²) < 4.78 is 33.2. The van der Waals surface area contributed by atoms with Gasteiger partial charge in [0, 0.05) is 24.7 Å². The van der Waals surface area contributed by atoms with E-state index in [0.717, 1.165) is 23.2 Å². The Hall–Kier alpha value is -2.38. The largest absolute Gasteiger partial charge is 0.444 e. The van der Waals surface area contributed by atoms with Gasteiger partial charge in [-0.3, -0.25) is 4.90 Å². The second-order valence-corrected chi connectivity index (χ2v) is 10.9. The number of nitrogens with zero attached hydrogens (tertiary/aromatic N) is 2. The fourth-order valence-electron chi connectivity index (χ4n) is 4.29. The van der Waals surface area contributed by atoms with Gasteiger partial charge in [0.1, 0.15) is 6.61 Å². The first-order valence-corrected chi connectivity index (χ1v) is 12.3. The highest BCUT2D eigenvalue weighted by Gasteiger charge is 2.37. The highest BCUT2D eigenvalue weighted by Crippen LogP contribution is 2.33. The molecule has 0 bridgehead atoms. The van der Waals surface area contributed by atoms with Crippen LogP contribution in [0.15, 0.2) is 53.4 Å². The van der Waals surface area contributed by atoms with Crippen LogP contribution in [-0.2, 0) is 26.8 Å². The Morgan fingerprint density at radius 2 is 1.68 bits per heavy atom. The van der Waals surface area contributed by atoms with E-state index in [9.17, 15) is 13.2 Å². The molecule has 6 nitrogen and oxygen atoms in total. The Balaban J connectivity index is 1.48. The number of carbonyl (C=O) groups excluding carboxylic acids is 1. The van der Waals surface area contributed by atoms with Crippen molar-refractivity contribution in [2.24, 2.45) is 0 Å². The van der Waals surface area contributed by atoms with E-state index in [1.807, 2.05) is 36.4 Å². The first kappa shape index (κ1) is 21.8. The number of carbonyl (C=O) groups is 1. The number of benzene rings is 2. The molecule has 1 amide bonds. The molecule has 1 fully saturated rings. The van der Waals surface area contributed by atoms with Crippen molar-refractivity contribution in [3.8, 4) is 0 Å². The molecule has 2 aliphatic heterocycles. The maximum absolute atomic E-state index is 13.2. The van der Waals surface area contributed by atoms with Crippen molar-refractivity contribution in [2.45, 2.75) is 63.0 Å². The smallest absolute Gasteiger partial charge is 0.414 e. The van der Waals surface area contributed by atoms with Gasteiger partial charge in [-0.25, -0.2) is 13.2 Å². The van der Waals surface area contributed by atoms with Crippen molar-refractivity contribution < 1.29 is 17.9 Å². The van der Waals surface area contributed by atoms with Crippen LogP contribution in [0.5, 0.6) is 0 Å². The summed E-state index contributed by atoms with van der Waals surface area (Å²) in [6.45, 7) is 7.48. The summed E-state index contributed by atoms with van der Waals surface area (Å²) in [6.07, 6.45) is 1.77. The number of para-hydroxylation sites is 1. The molecule has 2 heterocycles. The van der Waals surface area contributed by atoms with Crippen molar-refractivity contribution in [1.82, 2.24) is 4.31 Å². The normalized spacial score (nSPS) is 18.5. The molecule has 0 radical (unpaired) electrons. The van der Waals surface area contributed by atoms with Crippen LogP contribution >= 0.6 is 0 Å². The van der Waals surface area contributed by atoms with Gasteiger partial charge in [-0.15, -0.1) is 0 Å². The van der Waals surface area contributed by atoms with Crippen molar-refractivity contribution in [3.63, 3.8) is 0 Å². The van der Waals surface area contributed by atoms with Gasteiger partial charge >= 0.3 is 6.09 Å². The molecule has 0 N–H and O–H groups in total. The second-order valence-electron chi connectivity index (χ2n) is 8.95. The Kier molecular flexibility index (Phi) is 5.83. The molecular weight excluding hydrogens is 412 g/mol. The molecule has 2 aromatic rings. The minimum atomic E-state index is -3.56. The zero-order valence-corrected chi connectivity index (χ0v) is 19.2. The van der Waals surface area contributed by atoms with Crippen LogP contribution in [0.4, 0.5) is 10.5 Å². The minimum Gasteiger partial charge on any atom is -0.444 e. The number of hydrogen-bond donors (Lipinski definition) is 0. The summed E-state index contributed by atoms with van der Waals surface area (Å²) >= 11 is 0. The van der Waals surface area contributed by atoms with E-state index in [-0.39, 0.29) is 24.2 Å². The fraction of sp³-hybridized carbons (Fsp3) is 0.458. The molecule has 0 atom stereocenters. The van der Waals surface area contributed by atoms with Gasteiger partial charge in [-0.2, -0.15) is 4.31 Å². The number of piperidine rings is 1. The Bertz CT molecular complexity index is 1060. The molecule has 2 aliphatic rings. The van der Waals surface area contributed by atoms with E-state index in [4.69, 9.17) is 4.74 Å². The molecule has 2 aromatic carbocycles. The van der Waals surface area contributed by atoms with E-state index in [1.54, 1.807) is 17.0 Å². The lowest BCUT2D eigenvalue weighted by atomic mass is 9.82. The SMILES string of the molecule is CCC(C)(C)c1ccc(S(=O)(=O)N2CCC(N3C(=O)OCc4ccccc43)CC2)cc1. The van der Waals surface area contributed by atoms with E-state index in [1.165, 1.54) is 4.31 Å². The summed E-state index contributed by atoms with van der Waals surface area (Å²) in [4.78, 5) is 14.5. The molecule has 0 unspecified atom stereocenters. The molecule has 4 rings (SSSR count). The van der Waals surface area contributed by atoms with E-state index < -0.39 is 10.0 Å². The van der Waals surface area contributed by atoms with Crippen LogP contribution in [0.1, 0.15) is 51.2 Å². The number of sulfonamides is 1. The summed E-state index contributed by atoms with van der Waals surface area (Å²) in [6, 6.07) is 14.9. The summed E-state index contributed by atoms with van der Waals surface area (Å²) in [5, 5.41) is 0. The van der Waals surface area contributed by atoms with Crippen molar-refractivity contribution in [3.05, 3.63) is 59.7 Å². The Labute approximate surface area is 184 Å². The molecule has 0 saturated carbocycles. The molecule has 0 aliphatic carbocycles. The van der Waals surface area contributed by atoms with Crippen molar-refractivity contribution in [1.29, 1.82) is 0 Å². The fourth-order valence-corrected chi connectivity index (χ4v) is 5.76. The molecular formula is C24H30N2O4S. The third-order valence-electron chi connectivity index (χ3n) is 6.75. The molecule has 1 saturated heterocycles. The molecule has 0 spiro atoms. The number of ether oxygens (including phenoxy) is 1. The van der Waals surface area contributed by atoms with Crippen LogP contribution in [0.3, 0.4) is 0 Å². The molecule has 166 valence electrons. The van der Waals surface area contributed by atoms with E-state index in [2.05, 4.69) is 20.8 Å².